The number of nitrogens with zero attached hydrogens (tertiary/aromatic N) is 5. The SMILES string of the molecule is CN(C)c1cncc(O[C@H]2CCN(S(=O)(=O)c3cccc4cccnc34)C2)n1. The second-order valence-corrected chi connectivity index (χ2v) is 8.74. The topological polar surface area (TPSA) is 88.5 Å². The molecule has 146 valence electrons. The minimum atomic E-state index is -3.67. The van der Waals surface area contributed by atoms with E-state index in [1.165, 1.54) is 4.31 Å². The maximum atomic E-state index is 13.2. The van der Waals surface area contributed by atoms with E-state index < -0.39 is 10.0 Å². The highest BCUT2D eigenvalue weighted by atomic mass is 32.2. The molecule has 1 fully saturated rings. The van der Waals surface area contributed by atoms with E-state index in [-0.39, 0.29) is 17.5 Å². The number of fused-ring (bicyclic) bond motifs is 1. The van der Waals surface area contributed by atoms with Crippen LogP contribution in [0.5, 0.6) is 5.88 Å². The lowest BCUT2D eigenvalue weighted by Crippen LogP contribution is -2.31. The van der Waals surface area contributed by atoms with E-state index in [9.17, 15) is 8.42 Å². The van der Waals surface area contributed by atoms with E-state index in [0.29, 0.717) is 30.2 Å². The van der Waals surface area contributed by atoms with E-state index in [2.05, 4.69) is 15.0 Å². The molecule has 4 rings (SSSR count). The van der Waals surface area contributed by atoms with Crippen LogP contribution in [0.25, 0.3) is 10.9 Å². The molecule has 0 aliphatic carbocycles. The molecule has 0 radical (unpaired) electrons. The van der Waals surface area contributed by atoms with E-state index in [0.717, 1.165) is 5.39 Å². The Morgan fingerprint density at radius 3 is 2.82 bits per heavy atom. The number of ether oxygens (including phenoxy) is 1. The number of aromatic nitrogens is 3. The van der Waals surface area contributed by atoms with Crippen molar-refractivity contribution in [3.63, 3.8) is 0 Å². The van der Waals surface area contributed by atoms with Crippen LogP contribution in [0.4, 0.5) is 5.82 Å². The van der Waals surface area contributed by atoms with Gasteiger partial charge < -0.3 is 9.64 Å². The van der Waals surface area contributed by atoms with Crippen LogP contribution in [-0.4, -0.2) is 61.0 Å². The van der Waals surface area contributed by atoms with Gasteiger partial charge in [0.2, 0.25) is 15.9 Å². The third-order valence-corrected chi connectivity index (χ3v) is 6.56. The van der Waals surface area contributed by atoms with Crippen molar-refractivity contribution in [1.82, 2.24) is 19.3 Å². The molecule has 8 nitrogen and oxygen atoms in total. The lowest BCUT2D eigenvalue weighted by Gasteiger charge is -2.18. The van der Waals surface area contributed by atoms with Crippen LogP contribution in [0.1, 0.15) is 6.42 Å². The molecule has 0 unspecified atom stereocenters. The fraction of sp³-hybridized carbons (Fsp3) is 0.316. The van der Waals surface area contributed by atoms with Crippen molar-refractivity contribution < 1.29 is 13.2 Å². The summed E-state index contributed by atoms with van der Waals surface area (Å²) in [5.41, 5.74) is 0.485. The molecule has 0 saturated carbocycles. The Labute approximate surface area is 163 Å². The Hall–Kier alpha value is -2.78. The summed E-state index contributed by atoms with van der Waals surface area (Å²) in [7, 11) is 0.0763. The lowest BCUT2D eigenvalue weighted by atomic mass is 10.2. The van der Waals surface area contributed by atoms with Crippen LogP contribution in [0.15, 0.2) is 53.8 Å². The van der Waals surface area contributed by atoms with Gasteiger partial charge in [-0.3, -0.25) is 9.97 Å². The van der Waals surface area contributed by atoms with E-state index in [1.54, 1.807) is 36.8 Å². The number of anilines is 1. The smallest absolute Gasteiger partial charge is 0.245 e. The number of hydrogen-bond acceptors (Lipinski definition) is 7. The highest BCUT2D eigenvalue weighted by molar-refractivity contribution is 7.89. The van der Waals surface area contributed by atoms with Gasteiger partial charge in [-0.2, -0.15) is 9.29 Å². The Kier molecular flexibility index (Phi) is 4.86. The predicted octanol–water partition coefficient (Wildman–Crippen LogP) is 1.93. The Bertz CT molecular complexity index is 1100. The van der Waals surface area contributed by atoms with Crippen molar-refractivity contribution in [2.45, 2.75) is 17.4 Å². The summed E-state index contributed by atoms with van der Waals surface area (Å²) in [6.07, 6.45) is 5.10. The van der Waals surface area contributed by atoms with Crippen molar-refractivity contribution in [3.05, 3.63) is 48.9 Å². The Morgan fingerprint density at radius 2 is 2.00 bits per heavy atom. The maximum Gasteiger partial charge on any atom is 0.245 e. The van der Waals surface area contributed by atoms with Crippen LogP contribution in [0, 0.1) is 0 Å². The van der Waals surface area contributed by atoms with Crippen molar-refractivity contribution in [2.75, 3.05) is 32.1 Å². The van der Waals surface area contributed by atoms with Crippen LogP contribution >= 0.6 is 0 Å². The molecular formula is C19H21N5O3S. The molecule has 3 heterocycles. The molecule has 1 aliphatic heterocycles. The summed E-state index contributed by atoms with van der Waals surface area (Å²) in [5, 5.41) is 0.798. The van der Waals surface area contributed by atoms with Crippen LogP contribution in [0.2, 0.25) is 0 Å². The molecule has 1 saturated heterocycles. The third-order valence-electron chi connectivity index (χ3n) is 4.67. The maximum absolute atomic E-state index is 13.2. The molecule has 1 atom stereocenters. The van der Waals surface area contributed by atoms with Gasteiger partial charge >= 0.3 is 0 Å². The molecule has 0 spiro atoms. The Balaban J connectivity index is 1.54. The molecule has 9 heteroatoms. The number of benzene rings is 1. The normalized spacial score (nSPS) is 17.7. The molecule has 1 aromatic carbocycles. The largest absolute Gasteiger partial charge is 0.472 e. The van der Waals surface area contributed by atoms with Crippen LogP contribution < -0.4 is 9.64 Å². The highest BCUT2D eigenvalue weighted by Crippen LogP contribution is 2.27. The monoisotopic (exact) mass is 399 g/mol. The van der Waals surface area contributed by atoms with Crippen molar-refractivity contribution in [2.24, 2.45) is 0 Å². The molecule has 0 amide bonds. The molecular weight excluding hydrogens is 378 g/mol. The number of pyridine rings is 1. The molecule has 2 aromatic heterocycles. The third kappa shape index (κ3) is 3.50. The molecule has 0 bridgehead atoms. The summed E-state index contributed by atoms with van der Waals surface area (Å²) in [6, 6.07) is 8.84. The number of para-hydroxylation sites is 1. The number of sulfonamides is 1. The average Bonchev–Trinajstić information content (AvgIpc) is 3.17. The van der Waals surface area contributed by atoms with Crippen molar-refractivity contribution in [3.8, 4) is 5.88 Å². The fourth-order valence-electron chi connectivity index (χ4n) is 3.22. The minimum Gasteiger partial charge on any atom is -0.472 e. The molecule has 1 aliphatic rings. The van der Waals surface area contributed by atoms with Gasteiger partial charge in [0.25, 0.3) is 0 Å². The van der Waals surface area contributed by atoms with Gasteiger partial charge in [0.15, 0.2) is 5.82 Å². The van der Waals surface area contributed by atoms with Gasteiger partial charge in [-0.1, -0.05) is 18.2 Å². The zero-order chi connectivity index (χ0) is 19.7. The fourth-order valence-corrected chi connectivity index (χ4v) is 4.87. The number of hydrogen-bond donors (Lipinski definition) is 0. The summed E-state index contributed by atoms with van der Waals surface area (Å²) < 4.78 is 33.7. The van der Waals surface area contributed by atoms with Crippen LogP contribution in [-0.2, 0) is 10.0 Å². The standard InChI is InChI=1S/C19H21N5O3S/c1-23(2)17-11-20-12-18(22-17)27-15-8-10-24(13-15)28(25,26)16-7-3-5-14-6-4-9-21-19(14)16/h3-7,9,11-12,15H,8,10,13H2,1-2H3/t15-/m0/s1. The van der Waals surface area contributed by atoms with Gasteiger partial charge in [0.05, 0.1) is 24.5 Å². The summed E-state index contributed by atoms with van der Waals surface area (Å²) in [5.74, 6) is 1.07. The van der Waals surface area contributed by atoms with Gasteiger partial charge in [0.1, 0.15) is 11.0 Å². The van der Waals surface area contributed by atoms with Gasteiger partial charge in [-0.25, -0.2) is 8.42 Å². The van der Waals surface area contributed by atoms with Gasteiger partial charge in [0, 0.05) is 32.2 Å². The van der Waals surface area contributed by atoms with E-state index >= 15 is 0 Å². The zero-order valence-electron chi connectivity index (χ0n) is 15.7. The summed E-state index contributed by atoms with van der Waals surface area (Å²) in [4.78, 5) is 14.8. The van der Waals surface area contributed by atoms with Crippen molar-refractivity contribution in [1.29, 1.82) is 0 Å². The molecule has 28 heavy (non-hydrogen) atoms. The predicted molar refractivity (Wildman–Crippen MR) is 106 cm³/mol. The summed E-state index contributed by atoms with van der Waals surface area (Å²) in [6.45, 7) is 0.649. The van der Waals surface area contributed by atoms with Crippen LogP contribution in [0.3, 0.4) is 0 Å². The highest BCUT2D eigenvalue weighted by Gasteiger charge is 2.35. The van der Waals surface area contributed by atoms with Gasteiger partial charge in [-0.15, -0.1) is 0 Å². The Morgan fingerprint density at radius 1 is 1.18 bits per heavy atom. The second kappa shape index (κ2) is 7.33. The average molecular weight is 399 g/mol. The zero-order valence-corrected chi connectivity index (χ0v) is 16.5. The summed E-state index contributed by atoms with van der Waals surface area (Å²) >= 11 is 0. The van der Waals surface area contributed by atoms with E-state index in [1.807, 2.05) is 31.1 Å². The first-order chi connectivity index (χ1) is 13.4. The first-order valence-corrected chi connectivity index (χ1v) is 10.4. The first-order valence-electron chi connectivity index (χ1n) is 8.95. The second-order valence-electron chi connectivity index (χ2n) is 6.83. The quantitative estimate of drug-likeness (QED) is 0.648. The first kappa shape index (κ1) is 18.6. The molecule has 0 N–H and O–H groups in total. The minimum absolute atomic E-state index is 0.223. The lowest BCUT2D eigenvalue weighted by molar-refractivity contribution is 0.206. The van der Waals surface area contributed by atoms with E-state index in [4.69, 9.17) is 4.74 Å². The van der Waals surface area contributed by atoms with Crippen molar-refractivity contribution >= 4 is 26.7 Å². The number of rotatable bonds is 5. The van der Waals surface area contributed by atoms with Gasteiger partial charge in [-0.05, 0) is 18.6 Å². The molecule has 3 aromatic rings.